The second-order valence-electron chi connectivity index (χ2n) is 3.11. The Labute approximate surface area is 98.5 Å². The molecule has 4 nitrogen and oxygen atoms in total. The molecule has 0 spiro atoms. The quantitative estimate of drug-likeness (QED) is 0.478. The van der Waals surface area contributed by atoms with E-state index in [0.29, 0.717) is 17.9 Å². The molecule has 0 aliphatic carbocycles. The average Bonchev–Trinajstić information content (AvgIpc) is 2.31. The summed E-state index contributed by atoms with van der Waals surface area (Å²) in [6.45, 7) is 0.332. The second-order valence-corrected chi connectivity index (χ2v) is 3.52. The first-order valence-corrected chi connectivity index (χ1v) is 5.06. The predicted octanol–water partition coefficient (Wildman–Crippen LogP) is 1.17. The molecular formula is C11H12ClNO3. The lowest BCUT2D eigenvalue weighted by molar-refractivity contribution is -0.144. The number of aldehydes is 1. The maximum absolute atomic E-state index is 11.1. The van der Waals surface area contributed by atoms with Crippen molar-refractivity contribution in [3.05, 3.63) is 34.9 Å². The standard InChI is InChI=1S/C11H12ClNO3/c1-16-11(15)10(7-14)13-6-8-4-2-3-5-9(8)12/h2-5,7,10,13H,6H2,1H3. The van der Waals surface area contributed by atoms with Crippen molar-refractivity contribution in [3.63, 3.8) is 0 Å². The van der Waals surface area contributed by atoms with E-state index in [1.807, 2.05) is 18.2 Å². The molecule has 0 aliphatic heterocycles. The Kier molecular flexibility index (Phi) is 4.95. The van der Waals surface area contributed by atoms with Crippen LogP contribution in [-0.4, -0.2) is 25.4 Å². The maximum atomic E-state index is 11.1. The molecule has 0 radical (unpaired) electrons. The SMILES string of the molecule is COC(=O)C(C=O)NCc1ccccc1Cl. The van der Waals surface area contributed by atoms with Crippen molar-refractivity contribution in [2.45, 2.75) is 12.6 Å². The summed E-state index contributed by atoms with van der Waals surface area (Å²) in [6, 6.07) is 6.24. The monoisotopic (exact) mass is 241 g/mol. The molecule has 0 heterocycles. The normalized spacial score (nSPS) is 11.9. The van der Waals surface area contributed by atoms with E-state index in [-0.39, 0.29) is 0 Å². The zero-order valence-electron chi connectivity index (χ0n) is 8.77. The molecule has 1 rings (SSSR count). The zero-order valence-corrected chi connectivity index (χ0v) is 9.53. The van der Waals surface area contributed by atoms with E-state index >= 15 is 0 Å². The Balaban J connectivity index is 2.60. The van der Waals surface area contributed by atoms with Crippen LogP contribution in [0.25, 0.3) is 0 Å². The minimum Gasteiger partial charge on any atom is -0.468 e. The van der Waals surface area contributed by atoms with Crippen LogP contribution in [0.1, 0.15) is 5.56 Å². The highest BCUT2D eigenvalue weighted by atomic mass is 35.5. The summed E-state index contributed by atoms with van der Waals surface area (Å²) in [4.78, 5) is 21.7. The number of carbonyl (C=O) groups is 2. The number of benzene rings is 1. The fourth-order valence-corrected chi connectivity index (χ4v) is 1.38. The van der Waals surface area contributed by atoms with Crippen LogP contribution in [0.5, 0.6) is 0 Å². The maximum Gasteiger partial charge on any atom is 0.330 e. The Morgan fingerprint density at radius 3 is 2.81 bits per heavy atom. The van der Waals surface area contributed by atoms with E-state index in [9.17, 15) is 9.59 Å². The average molecular weight is 242 g/mol. The van der Waals surface area contributed by atoms with Gasteiger partial charge < -0.3 is 9.53 Å². The molecule has 0 aliphatic rings. The fraction of sp³-hybridized carbons (Fsp3) is 0.273. The number of carbonyl (C=O) groups excluding carboxylic acids is 2. The van der Waals surface area contributed by atoms with Gasteiger partial charge in [-0.15, -0.1) is 0 Å². The lowest BCUT2D eigenvalue weighted by atomic mass is 10.2. The van der Waals surface area contributed by atoms with Crippen LogP contribution in [0.2, 0.25) is 5.02 Å². The number of halogens is 1. The van der Waals surface area contributed by atoms with Gasteiger partial charge in [0.25, 0.3) is 0 Å². The van der Waals surface area contributed by atoms with Gasteiger partial charge in [-0.3, -0.25) is 5.32 Å². The molecule has 0 saturated heterocycles. The zero-order chi connectivity index (χ0) is 12.0. The number of esters is 1. The first kappa shape index (κ1) is 12.7. The third kappa shape index (κ3) is 3.32. The lowest BCUT2D eigenvalue weighted by Crippen LogP contribution is -2.38. The molecular weight excluding hydrogens is 230 g/mol. The molecule has 1 N–H and O–H groups in total. The molecule has 0 bridgehead atoms. The largest absolute Gasteiger partial charge is 0.468 e. The van der Waals surface area contributed by atoms with E-state index in [2.05, 4.69) is 10.1 Å². The van der Waals surface area contributed by atoms with Gasteiger partial charge >= 0.3 is 5.97 Å². The summed E-state index contributed by atoms with van der Waals surface area (Å²) >= 11 is 5.92. The second kappa shape index (κ2) is 6.25. The topological polar surface area (TPSA) is 55.4 Å². The summed E-state index contributed by atoms with van der Waals surface area (Å²) in [5.74, 6) is -0.609. The molecule has 86 valence electrons. The molecule has 1 unspecified atom stereocenters. The van der Waals surface area contributed by atoms with Gasteiger partial charge in [0, 0.05) is 11.6 Å². The summed E-state index contributed by atoms with van der Waals surface area (Å²) in [5.41, 5.74) is 0.819. The summed E-state index contributed by atoms with van der Waals surface area (Å²) < 4.78 is 4.46. The number of hydrogen-bond acceptors (Lipinski definition) is 4. The van der Waals surface area contributed by atoms with Gasteiger partial charge in [0.05, 0.1) is 7.11 Å². The van der Waals surface area contributed by atoms with Crippen molar-refractivity contribution in [2.24, 2.45) is 0 Å². The Morgan fingerprint density at radius 1 is 1.56 bits per heavy atom. The number of ether oxygens (including phenoxy) is 1. The third-order valence-corrected chi connectivity index (χ3v) is 2.43. The van der Waals surface area contributed by atoms with Crippen molar-refractivity contribution >= 4 is 23.9 Å². The number of methoxy groups -OCH3 is 1. The van der Waals surface area contributed by atoms with E-state index in [1.54, 1.807) is 6.07 Å². The van der Waals surface area contributed by atoms with Crippen LogP contribution in [0, 0.1) is 0 Å². The van der Waals surface area contributed by atoms with Crippen LogP contribution in [-0.2, 0) is 20.9 Å². The van der Waals surface area contributed by atoms with Gasteiger partial charge in [-0.2, -0.15) is 0 Å². The van der Waals surface area contributed by atoms with Crippen LogP contribution >= 0.6 is 11.6 Å². The minimum atomic E-state index is -0.957. The van der Waals surface area contributed by atoms with E-state index in [1.165, 1.54) is 7.11 Å². The molecule has 0 fully saturated rings. The summed E-state index contributed by atoms with van der Waals surface area (Å²) in [6.07, 6.45) is 0.503. The van der Waals surface area contributed by atoms with Crippen LogP contribution in [0.15, 0.2) is 24.3 Å². The van der Waals surface area contributed by atoms with Crippen LogP contribution in [0.4, 0.5) is 0 Å². The van der Waals surface area contributed by atoms with Crippen molar-refractivity contribution in [1.82, 2.24) is 5.32 Å². The van der Waals surface area contributed by atoms with Crippen molar-refractivity contribution < 1.29 is 14.3 Å². The Hall–Kier alpha value is -1.39. The van der Waals surface area contributed by atoms with Crippen LogP contribution < -0.4 is 5.32 Å². The molecule has 1 aromatic carbocycles. The fourth-order valence-electron chi connectivity index (χ4n) is 1.18. The molecule has 1 atom stereocenters. The smallest absolute Gasteiger partial charge is 0.330 e. The minimum absolute atomic E-state index is 0.332. The van der Waals surface area contributed by atoms with E-state index in [0.717, 1.165) is 5.56 Å². The van der Waals surface area contributed by atoms with Crippen molar-refractivity contribution in [2.75, 3.05) is 7.11 Å². The summed E-state index contributed by atoms with van der Waals surface area (Å²) in [7, 11) is 1.23. The van der Waals surface area contributed by atoms with Crippen LogP contribution in [0.3, 0.4) is 0 Å². The van der Waals surface area contributed by atoms with Gasteiger partial charge in [0.2, 0.25) is 0 Å². The van der Waals surface area contributed by atoms with Crippen molar-refractivity contribution in [1.29, 1.82) is 0 Å². The highest BCUT2D eigenvalue weighted by molar-refractivity contribution is 6.31. The third-order valence-electron chi connectivity index (χ3n) is 2.06. The first-order valence-electron chi connectivity index (χ1n) is 4.69. The number of hydrogen-bond donors (Lipinski definition) is 1. The summed E-state index contributed by atoms with van der Waals surface area (Å²) in [5, 5.41) is 3.34. The number of rotatable bonds is 5. The Morgan fingerprint density at radius 2 is 2.25 bits per heavy atom. The van der Waals surface area contributed by atoms with Gasteiger partial charge in [-0.1, -0.05) is 29.8 Å². The molecule has 5 heteroatoms. The van der Waals surface area contributed by atoms with Crippen molar-refractivity contribution in [3.8, 4) is 0 Å². The molecule has 0 aromatic heterocycles. The van der Waals surface area contributed by atoms with E-state index in [4.69, 9.17) is 11.6 Å². The predicted molar refractivity (Wildman–Crippen MR) is 60.2 cm³/mol. The van der Waals surface area contributed by atoms with E-state index < -0.39 is 12.0 Å². The van der Waals surface area contributed by atoms with Gasteiger partial charge in [-0.25, -0.2) is 4.79 Å². The molecule has 16 heavy (non-hydrogen) atoms. The highest BCUT2D eigenvalue weighted by Gasteiger charge is 2.17. The van der Waals surface area contributed by atoms with Gasteiger partial charge in [0.1, 0.15) is 6.29 Å². The molecule has 0 amide bonds. The number of nitrogens with one attached hydrogen (secondary N) is 1. The Bertz CT molecular complexity index is 381. The van der Waals surface area contributed by atoms with Gasteiger partial charge in [-0.05, 0) is 11.6 Å². The molecule has 1 aromatic rings. The highest BCUT2D eigenvalue weighted by Crippen LogP contribution is 2.14. The first-order chi connectivity index (χ1) is 7.69. The lowest BCUT2D eigenvalue weighted by Gasteiger charge is -2.10. The molecule has 0 saturated carbocycles. The van der Waals surface area contributed by atoms with Gasteiger partial charge in [0.15, 0.2) is 6.04 Å².